The third-order valence-electron chi connectivity index (χ3n) is 5.15. The van der Waals surface area contributed by atoms with E-state index < -0.39 is 5.85 Å². The molecule has 23 heavy (non-hydrogen) atoms. The first-order valence-corrected chi connectivity index (χ1v) is 12.5. The first-order valence-electron chi connectivity index (χ1n) is 8.79. The quantitative estimate of drug-likeness (QED) is 0.416. The molecule has 3 atom stereocenters. The maximum atomic E-state index is 12.1. The fourth-order valence-electron chi connectivity index (χ4n) is 2.95. The second-order valence-corrected chi connectivity index (χ2v) is 12.1. The highest BCUT2D eigenvalue weighted by atomic mass is 35.9. The molecule has 0 saturated carbocycles. The summed E-state index contributed by atoms with van der Waals surface area (Å²) < 4.78 is 12.1. The molecule has 1 aromatic carbocycles. The summed E-state index contributed by atoms with van der Waals surface area (Å²) in [5.41, 5.74) is 5.05. The highest BCUT2D eigenvalue weighted by Gasteiger charge is 2.25. The van der Waals surface area contributed by atoms with E-state index in [1.807, 2.05) is 0 Å². The van der Waals surface area contributed by atoms with Crippen LogP contribution in [-0.2, 0) is 10.7 Å². The second kappa shape index (κ2) is 8.93. The van der Waals surface area contributed by atoms with Gasteiger partial charge in [-0.25, -0.2) is 0 Å². The fraction of sp³-hybridized carbons (Fsp3) is 0.684. The van der Waals surface area contributed by atoms with E-state index in [0.717, 1.165) is 24.8 Å². The van der Waals surface area contributed by atoms with Crippen molar-refractivity contribution in [1.82, 2.24) is 0 Å². The molecule has 0 amide bonds. The van der Waals surface area contributed by atoms with Gasteiger partial charge in [-0.1, -0.05) is 53.7 Å². The number of halogens is 2. The molecule has 0 spiro atoms. The van der Waals surface area contributed by atoms with E-state index in [1.165, 1.54) is 16.7 Å². The number of benzene rings is 1. The lowest BCUT2D eigenvalue weighted by Gasteiger charge is -2.25. The van der Waals surface area contributed by atoms with Gasteiger partial charge in [0.2, 0.25) is 0 Å². The third-order valence-corrected chi connectivity index (χ3v) is 6.55. The maximum Gasteiger partial charge on any atom is 0.257 e. The molecule has 1 rings (SSSR count). The summed E-state index contributed by atoms with van der Waals surface area (Å²) in [7, 11) is 0. The molecule has 0 aliphatic heterocycles. The zero-order chi connectivity index (χ0) is 17.8. The highest BCUT2D eigenvalue weighted by molar-refractivity contribution is 8.08. The average molecular weight is 377 g/mol. The summed E-state index contributed by atoms with van der Waals surface area (Å²) in [5, 5.41) is 0. The third kappa shape index (κ3) is 5.80. The summed E-state index contributed by atoms with van der Waals surface area (Å²) >= 11 is 11.9. The molecular formula is C19H31Cl2OP. The van der Waals surface area contributed by atoms with Crippen LogP contribution in [0.15, 0.2) is 12.1 Å². The van der Waals surface area contributed by atoms with Gasteiger partial charge in [0.25, 0.3) is 5.85 Å². The first kappa shape index (κ1) is 21.1. The molecule has 0 heterocycles. The summed E-state index contributed by atoms with van der Waals surface area (Å²) in [6.45, 7) is 13.3. The molecule has 0 N–H and O–H groups in total. The van der Waals surface area contributed by atoms with Crippen molar-refractivity contribution in [2.45, 2.75) is 84.7 Å². The zero-order valence-corrected chi connectivity index (χ0v) is 17.7. The minimum absolute atomic E-state index is 0.274. The molecule has 0 aliphatic carbocycles. The summed E-state index contributed by atoms with van der Waals surface area (Å²) in [6.07, 6.45) is 3.48. The van der Waals surface area contributed by atoms with Crippen LogP contribution in [0.3, 0.4) is 0 Å². The van der Waals surface area contributed by atoms with Gasteiger partial charge in [-0.15, -0.1) is 0 Å². The van der Waals surface area contributed by atoms with Gasteiger partial charge in [-0.3, -0.25) is 4.57 Å². The van der Waals surface area contributed by atoms with Crippen molar-refractivity contribution >= 4 is 28.3 Å². The van der Waals surface area contributed by atoms with E-state index in [0.29, 0.717) is 17.8 Å². The zero-order valence-electron chi connectivity index (χ0n) is 15.3. The van der Waals surface area contributed by atoms with Crippen molar-refractivity contribution in [2.75, 3.05) is 0 Å². The van der Waals surface area contributed by atoms with E-state index in [9.17, 15) is 4.57 Å². The second-order valence-electron chi connectivity index (χ2n) is 6.83. The Balaban J connectivity index is 3.62. The molecule has 0 fully saturated rings. The molecule has 3 unspecified atom stereocenters. The standard InChI is InChI=1S/C19H31Cl2OP/c1-7-13(4)16-10-17(14(5)8-2)19(12-23(20,21)22)18(11-16)15(6)9-3/h10-11,13-15H,7-9,12H2,1-6H3. The van der Waals surface area contributed by atoms with Crippen LogP contribution in [-0.4, -0.2) is 0 Å². The van der Waals surface area contributed by atoms with Crippen molar-refractivity contribution in [1.29, 1.82) is 0 Å². The highest BCUT2D eigenvalue weighted by Crippen LogP contribution is 2.60. The summed E-state index contributed by atoms with van der Waals surface area (Å²) in [6, 6.07) is 4.60. The van der Waals surface area contributed by atoms with Crippen LogP contribution in [0.1, 0.15) is 101 Å². The van der Waals surface area contributed by atoms with E-state index >= 15 is 0 Å². The average Bonchev–Trinajstić information content (AvgIpc) is 2.51. The summed E-state index contributed by atoms with van der Waals surface area (Å²) in [4.78, 5) is 0. The fourth-order valence-corrected chi connectivity index (χ4v) is 4.40. The minimum Gasteiger partial charge on any atom is -0.289 e. The largest absolute Gasteiger partial charge is 0.289 e. The van der Waals surface area contributed by atoms with Crippen molar-refractivity contribution in [3.05, 3.63) is 34.4 Å². The van der Waals surface area contributed by atoms with Gasteiger partial charge in [0, 0.05) is 0 Å². The number of rotatable bonds is 8. The monoisotopic (exact) mass is 376 g/mol. The lowest BCUT2D eigenvalue weighted by molar-refractivity contribution is 0.591. The van der Waals surface area contributed by atoms with Crippen LogP contribution in [0.5, 0.6) is 0 Å². The Hall–Kier alpha value is 0.0300. The van der Waals surface area contributed by atoms with Crippen LogP contribution in [0, 0.1) is 0 Å². The molecule has 0 saturated heterocycles. The molecular weight excluding hydrogens is 346 g/mol. The van der Waals surface area contributed by atoms with Gasteiger partial charge < -0.3 is 0 Å². The van der Waals surface area contributed by atoms with E-state index in [2.05, 4.69) is 53.7 Å². The Morgan fingerprint density at radius 2 is 1.26 bits per heavy atom. The normalized spacial score (nSPS) is 16.2. The minimum atomic E-state index is -3.14. The SMILES string of the molecule is CCC(C)c1cc(C(C)CC)c(CP(=O)(Cl)Cl)c(C(C)CC)c1. The van der Waals surface area contributed by atoms with Gasteiger partial charge in [0.1, 0.15) is 0 Å². The molecule has 0 aromatic heterocycles. The Bertz CT molecular complexity index is 533. The topological polar surface area (TPSA) is 17.1 Å². The Morgan fingerprint density at radius 3 is 1.57 bits per heavy atom. The summed E-state index contributed by atoms with van der Waals surface area (Å²) in [5.74, 6) is -1.79. The lowest BCUT2D eigenvalue weighted by atomic mass is 9.82. The number of hydrogen-bond donors (Lipinski definition) is 0. The molecule has 1 aromatic rings. The Labute approximate surface area is 152 Å². The first-order chi connectivity index (χ1) is 10.6. The molecule has 4 heteroatoms. The van der Waals surface area contributed by atoms with Gasteiger partial charge >= 0.3 is 0 Å². The van der Waals surface area contributed by atoms with Crippen LogP contribution in [0.4, 0.5) is 0 Å². The van der Waals surface area contributed by atoms with Crippen LogP contribution in [0.2, 0.25) is 0 Å². The van der Waals surface area contributed by atoms with Gasteiger partial charge in [0.15, 0.2) is 0 Å². The Morgan fingerprint density at radius 1 is 0.870 bits per heavy atom. The van der Waals surface area contributed by atoms with Gasteiger partial charge in [-0.05, 0) is 81.8 Å². The van der Waals surface area contributed by atoms with Crippen LogP contribution >= 0.6 is 28.3 Å². The Kier molecular flexibility index (Phi) is 8.18. The van der Waals surface area contributed by atoms with Crippen LogP contribution < -0.4 is 0 Å². The van der Waals surface area contributed by atoms with Crippen molar-refractivity contribution in [3.63, 3.8) is 0 Å². The van der Waals surface area contributed by atoms with E-state index in [-0.39, 0.29) is 6.16 Å². The van der Waals surface area contributed by atoms with Gasteiger partial charge in [0.05, 0.1) is 6.16 Å². The van der Waals surface area contributed by atoms with Crippen molar-refractivity contribution in [2.24, 2.45) is 0 Å². The van der Waals surface area contributed by atoms with Crippen molar-refractivity contribution in [3.8, 4) is 0 Å². The smallest absolute Gasteiger partial charge is 0.257 e. The molecule has 0 radical (unpaired) electrons. The van der Waals surface area contributed by atoms with Gasteiger partial charge in [-0.2, -0.15) is 0 Å². The predicted molar refractivity (Wildman–Crippen MR) is 106 cm³/mol. The molecule has 0 bridgehead atoms. The van der Waals surface area contributed by atoms with E-state index in [4.69, 9.17) is 22.5 Å². The van der Waals surface area contributed by atoms with Crippen molar-refractivity contribution < 1.29 is 4.57 Å². The maximum absolute atomic E-state index is 12.1. The molecule has 132 valence electrons. The molecule has 1 nitrogen and oxygen atoms in total. The predicted octanol–water partition coefficient (Wildman–Crippen LogP) is 8.40. The van der Waals surface area contributed by atoms with E-state index in [1.54, 1.807) is 0 Å². The lowest BCUT2D eigenvalue weighted by Crippen LogP contribution is -2.08. The molecule has 0 aliphatic rings. The number of hydrogen-bond acceptors (Lipinski definition) is 1. The van der Waals surface area contributed by atoms with Crippen LogP contribution in [0.25, 0.3) is 0 Å².